The second-order valence-corrected chi connectivity index (χ2v) is 9.01. The molecule has 1 fully saturated rings. The van der Waals surface area contributed by atoms with Gasteiger partial charge in [0.25, 0.3) is 5.91 Å². The summed E-state index contributed by atoms with van der Waals surface area (Å²) in [4.78, 5) is 30.0. The molecule has 1 aliphatic rings. The number of para-hydroxylation sites is 2. The zero-order valence-corrected chi connectivity index (χ0v) is 20.6. The first-order valence-electron chi connectivity index (χ1n) is 11.9. The Hall–Kier alpha value is -3.51. The van der Waals surface area contributed by atoms with Gasteiger partial charge in [-0.2, -0.15) is 0 Å². The standard InChI is InChI=1S/C28H30ClN3O3/c1-21-20-22(29)13-14-26(21)35-19-7-12-27(33)30-25-11-6-5-10-24(25)28(34)32-17-15-31(16-18-32)23-8-3-2-4-9-23/h2-6,8-11,13-14,20H,7,12,15-19H2,1H3,(H,30,33). The Morgan fingerprint density at radius 1 is 0.943 bits per heavy atom. The number of piperazine rings is 1. The van der Waals surface area contributed by atoms with Gasteiger partial charge in [0.15, 0.2) is 0 Å². The van der Waals surface area contributed by atoms with Crippen molar-refractivity contribution in [3.05, 3.63) is 88.9 Å². The molecule has 0 bridgehead atoms. The van der Waals surface area contributed by atoms with Crippen LogP contribution in [-0.4, -0.2) is 49.5 Å². The molecule has 0 atom stereocenters. The maximum atomic E-state index is 13.2. The van der Waals surface area contributed by atoms with E-state index >= 15 is 0 Å². The third kappa shape index (κ3) is 6.55. The number of rotatable bonds is 8. The van der Waals surface area contributed by atoms with E-state index in [4.69, 9.17) is 16.3 Å². The highest BCUT2D eigenvalue weighted by Gasteiger charge is 2.24. The van der Waals surface area contributed by atoms with Gasteiger partial charge in [-0.05, 0) is 61.4 Å². The largest absolute Gasteiger partial charge is 0.493 e. The van der Waals surface area contributed by atoms with Crippen LogP contribution in [0.3, 0.4) is 0 Å². The second kappa shape index (κ2) is 11.8. The van der Waals surface area contributed by atoms with Gasteiger partial charge in [0.2, 0.25) is 5.91 Å². The van der Waals surface area contributed by atoms with E-state index in [1.807, 2.05) is 54.3 Å². The fourth-order valence-electron chi connectivity index (χ4n) is 4.16. The quantitative estimate of drug-likeness (QED) is 0.428. The van der Waals surface area contributed by atoms with Gasteiger partial charge < -0.3 is 19.9 Å². The molecule has 7 heteroatoms. The van der Waals surface area contributed by atoms with Gasteiger partial charge in [0.05, 0.1) is 17.9 Å². The first-order chi connectivity index (χ1) is 17.0. The highest BCUT2D eigenvalue weighted by molar-refractivity contribution is 6.30. The van der Waals surface area contributed by atoms with Crippen LogP contribution in [0.5, 0.6) is 5.75 Å². The molecule has 1 heterocycles. The third-order valence-electron chi connectivity index (χ3n) is 6.06. The van der Waals surface area contributed by atoms with Crippen LogP contribution in [0, 0.1) is 6.92 Å². The van der Waals surface area contributed by atoms with Crippen molar-refractivity contribution in [1.82, 2.24) is 4.90 Å². The molecule has 3 aromatic carbocycles. The number of aryl methyl sites for hydroxylation is 1. The first-order valence-corrected chi connectivity index (χ1v) is 12.3. The number of ether oxygens (including phenoxy) is 1. The zero-order valence-electron chi connectivity index (χ0n) is 19.9. The minimum Gasteiger partial charge on any atom is -0.493 e. The van der Waals surface area contributed by atoms with E-state index in [0.29, 0.717) is 48.8 Å². The number of carbonyl (C=O) groups is 2. The predicted octanol–water partition coefficient (Wildman–Crippen LogP) is 5.41. The number of carbonyl (C=O) groups excluding carboxylic acids is 2. The normalized spacial score (nSPS) is 13.4. The van der Waals surface area contributed by atoms with Crippen LogP contribution >= 0.6 is 11.6 Å². The molecule has 35 heavy (non-hydrogen) atoms. The number of amides is 2. The molecule has 3 aromatic rings. The van der Waals surface area contributed by atoms with Crippen LogP contribution in [0.2, 0.25) is 5.02 Å². The molecule has 2 amide bonds. The molecule has 6 nitrogen and oxygen atoms in total. The van der Waals surface area contributed by atoms with Crippen LogP contribution in [-0.2, 0) is 4.79 Å². The average Bonchev–Trinajstić information content (AvgIpc) is 2.88. The molecule has 182 valence electrons. The molecule has 0 aliphatic carbocycles. The van der Waals surface area contributed by atoms with Gasteiger partial charge in [-0.15, -0.1) is 0 Å². The van der Waals surface area contributed by atoms with Crippen molar-refractivity contribution in [3.8, 4) is 5.75 Å². The Morgan fingerprint density at radius 2 is 1.66 bits per heavy atom. The lowest BCUT2D eigenvalue weighted by atomic mass is 10.1. The Kier molecular flexibility index (Phi) is 8.27. The zero-order chi connectivity index (χ0) is 24.6. The third-order valence-corrected chi connectivity index (χ3v) is 6.30. The summed E-state index contributed by atoms with van der Waals surface area (Å²) in [5, 5.41) is 3.58. The lowest BCUT2D eigenvalue weighted by Crippen LogP contribution is -2.48. The summed E-state index contributed by atoms with van der Waals surface area (Å²) in [6.45, 7) is 5.18. The lowest BCUT2D eigenvalue weighted by Gasteiger charge is -2.36. The van der Waals surface area contributed by atoms with Crippen LogP contribution < -0.4 is 15.0 Å². The summed E-state index contributed by atoms with van der Waals surface area (Å²) in [7, 11) is 0. The lowest BCUT2D eigenvalue weighted by molar-refractivity contribution is -0.116. The molecular formula is C28H30ClN3O3. The summed E-state index contributed by atoms with van der Waals surface area (Å²) >= 11 is 5.98. The number of anilines is 2. The number of hydrogen-bond acceptors (Lipinski definition) is 4. The molecule has 0 saturated carbocycles. The van der Waals surface area contributed by atoms with Crippen LogP contribution in [0.25, 0.3) is 0 Å². The molecule has 4 rings (SSSR count). The SMILES string of the molecule is Cc1cc(Cl)ccc1OCCCC(=O)Nc1ccccc1C(=O)N1CCN(c2ccccc2)CC1. The molecule has 1 saturated heterocycles. The van der Waals surface area contributed by atoms with Gasteiger partial charge in [-0.3, -0.25) is 9.59 Å². The molecule has 1 N–H and O–H groups in total. The Labute approximate surface area is 211 Å². The first kappa shape index (κ1) is 24.6. The average molecular weight is 492 g/mol. The smallest absolute Gasteiger partial charge is 0.256 e. The van der Waals surface area contributed by atoms with Crippen molar-refractivity contribution in [2.75, 3.05) is 43.0 Å². The monoisotopic (exact) mass is 491 g/mol. The van der Waals surface area contributed by atoms with Gasteiger partial charge >= 0.3 is 0 Å². The van der Waals surface area contributed by atoms with Crippen LogP contribution in [0.15, 0.2) is 72.8 Å². The number of halogens is 1. The predicted molar refractivity (Wildman–Crippen MR) is 141 cm³/mol. The number of benzene rings is 3. The minimum absolute atomic E-state index is 0.0600. The van der Waals surface area contributed by atoms with Crippen molar-refractivity contribution in [3.63, 3.8) is 0 Å². The van der Waals surface area contributed by atoms with Crippen molar-refractivity contribution >= 4 is 34.8 Å². The van der Waals surface area contributed by atoms with E-state index in [1.54, 1.807) is 18.2 Å². The van der Waals surface area contributed by atoms with E-state index in [0.717, 1.165) is 24.4 Å². The Bertz CT molecular complexity index is 1160. The van der Waals surface area contributed by atoms with Crippen molar-refractivity contribution in [2.45, 2.75) is 19.8 Å². The van der Waals surface area contributed by atoms with Crippen molar-refractivity contribution in [2.24, 2.45) is 0 Å². The molecular weight excluding hydrogens is 462 g/mol. The molecule has 0 aromatic heterocycles. The highest BCUT2D eigenvalue weighted by Crippen LogP contribution is 2.23. The fraction of sp³-hybridized carbons (Fsp3) is 0.286. The van der Waals surface area contributed by atoms with E-state index in [-0.39, 0.29) is 11.8 Å². The topological polar surface area (TPSA) is 61.9 Å². The van der Waals surface area contributed by atoms with Crippen molar-refractivity contribution < 1.29 is 14.3 Å². The van der Waals surface area contributed by atoms with E-state index in [2.05, 4.69) is 22.3 Å². The summed E-state index contributed by atoms with van der Waals surface area (Å²) in [5.41, 5.74) is 3.19. The summed E-state index contributed by atoms with van der Waals surface area (Å²) in [6, 6.07) is 22.9. The Balaban J connectivity index is 1.28. The van der Waals surface area contributed by atoms with Gasteiger partial charge in [0, 0.05) is 43.3 Å². The number of nitrogens with zero attached hydrogens (tertiary/aromatic N) is 2. The Morgan fingerprint density at radius 3 is 2.40 bits per heavy atom. The molecule has 0 radical (unpaired) electrons. The summed E-state index contributed by atoms with van der Waals surface area (Å²) in [6.07, 6.45) is 0.858. The second-order valence-electron chi connectivity index (χ2n) is 8.57. The minimum atomic E-state index is -0.143. The molecule has 0 unspecified atom stereocenters. The van der Waals surface area contributed by atoms with Gasteiger partial charge in [-0.1, -0.05) is 41.9 Å². The van der Waals surface area contributed by atoms with Crippen LogP contribution in [0.1, 0.15) is 28.8 Å². The van der Waals surface area contributed by atoms with Gasteiger partial charge in [0.1, 0.15) is 5.75 Å². The molecule has 0 spiro atoms. The van der Waals surface area contributed by atoms with E-state index < -0.39 is 0 Å². The summed E-state index contributed by atoms with van der Waals surface area (Å²) < 4.78 is 5.77. The van der Waals surface area contributed by atoms with Gasteiger partial charge in [-0.25, -0.2) is 0 Å². The maximum absolute atomic E-state index is 13.2. The summed E-state index contributed by atoms with van der Waals surface area (Å²) in [5.74, 6) is 0.559. The van der Waals surface area contributed by atoms with Crippen molar-refractivity contribution in [1.29, 1.82) is 0 Å². The van der Waals surface area contributed by atoms with E-state index in [9.17, 15) is 9.59 Å². The van der Waals surface area contributed by atoms with Crippen LogP contribution in [0.4, 0.5) is 11.4 Å². The maximum Gasteiger partial charge on any atom is 0.256 e. The highest BCUT2D eigenvalue weighted by atomic mass is 35.5. The molecule has 1 aliphatic heterocycles. The number of nitrogens with one attached hydrogen (secondary N) is 1. The number of hydrogen-bond donors (Lipinski definition) is 1. The van der Waals surface area contributed by atoms with E-state index in [1.165, 1.54) is 5.69 Å². The fourth-order valence-corrected chi connectivity index (χ4v) is 4.38.